The van der Waals surface area contributed by atoms with Crippen molar-refractivity contribution in [1.29, 1.82) is 0 Å². The van der Waals surface area contributed by atoms with Crippen LogP contribution in [0.3, 0.4) is 0 Å². The summed E-state index contributed by atoms with van der Waals surface area (Å²) in [5, 5.41) is 11.3. The standard InChI is InChI=1S/C26H28F3N7O5/c1-24(40)12-41-25(11-17(24)36-13-30-19-18(36)21(38)34(3)23(39)33(19)2)6-8-35(9-7-25)20(37)14-4-5-15-16(10-14)32-22(31-15)26(27,28)29/h4-5,10,13,17,40H,6-9,11-12H2,1-3H3,(H,31,32)/t17-,24-/m0/s1. The highest BCUT2D eigenvalue weighted by Crippen LogP contribution is 2.44. The highest BCUT2D eigenvalue weighted by atomic mass is 19.4. The van der Waals surface area contributed by atoms with Crippen molar-refractivity contribution in [2.75, 3.05) is 19.7 Å². The summed E-state index contributed by atoms with van der Waals surface area (Å²) in [7, 11) is 2.91. The van der Waals surface area contributed by atoms with Crippen LogP contribution in [-0.2, 0) is 25.0 Å². The molecule has 0 bridgehead atoms. The Labute approximate surface area is 230 Å². The first-order valence-corrected chi connectivity index (χ1v) is 13.1. The fourth-order valence-corrected chi connectivity index (χ4v) is 5.95. The van der Waals surface area contributed by atoms with E-state index in [4.69, 9.17) is 4.74 Å². The van der Waals surface area contributed by atoms with Crippen molar-refractivity contribution in [2.24, 2.45) is 14.1 Å². The number of piperidine rings is 1. The summed E-state index contributed by atoms with van der Waals surface area (Å²) in [5.74, 6) is -1.45. The smallest absolute Gasteiger partial charge is 0.386 e. The number of H-pyrrole nitrogens is 1. The van der Waals surface area contributed by atoms with Gasteiger partial charge in [-0.15, -0.1) is 0 Å². The third-order valence-corrected chi connectivity index (χ3v) is 8.42. The molecule has 12 nitrogen and oxygen atoms in total. The van der Waals surface area contributed by atoms with E-state index < -0.39 is 40.5 Å². The predicted octanol–water partition coefficient (Wildman–Crippen LogP) is 1.72. The number of nitrogens with one attached hydrogen (secondary N) is 1. The van der Waals surface area contributed by atoms with Gasteiger partial charge in [-0.2, -0.15) is 13.2 Å². The topological polar surface area (TPSA) is 140 Å². The molecule has 41 heavy (non-hydrogen) atoms. The Morgan fingerprint density at radius 2 is 1.88 bits per heavy atom. The number of imidazole rings is 2. The van der Waals surface area contributed by atoms with Crippen molar-refractivity contribution < 1.29 is 27.8 Å². The normalized spacial score (nSPS) is 23.1. The van der Waals surface area contributed by atoms with Crippen molar-refractivity contribution in [3.05, 3.63) is 56.8 Å². The van der Waals surface area contributed by atoms with E-state index in [-0.39, 0.29) is 40.3 Å². The minimum absolute atomic E-state index is 0.0185. The minimum Gasteiger partial charge on any atom is -0.386 e. The molecule has 5 heterocycles. The van der Waals surface area contributed by atoms with Gasteiger partial charge in [0.05, 0.1) is 35.6 Å². The number of amides is 1. The van der Waals surface area contributed by atoms with Crippen LogP contribution in [0.5, 0.6) is 0 Å². The van der Waals surface area contributed by atoms with Gasteiger partial charge in [-0.25, -0.2) is 14.8 Å². The molecule has 0 unspecified atom stereocenters. The number of alkyl halides is 3. The van der Waals surface area contributed by atoms with Gasteiger partial charge < -0.3 is 24.3 Å². The molecule has 1 spiro atoms. The Morgan fingerprint density at radius 1 is 1.17 bits per heavy atom. The molecule has 1 aromatic carbocycles. The molecule has 4 aromatic rings. The molecule has 2 fully saturated rings. The number of aryl methyl sites for hydroxylation is 1. The molecule has 0 radical (unpaired) electrons. The molecule has 2 atom stereocenters. The Kier molecular flexibility index (Phi) is 5.98. The fourth-order valence-electron chi connectivity index (χ4n) is 5.95. The predicted molar refractivity (Wildman–Crippen MR) is 139 cm³/mol. The Balaban J connectivity index is 1.24. The van der Waals surface area contributed by atoms with Gasteiger partial charge in [-0.1, -0.05) is 0 Å². The van der Waals surface area contributed by atoms with Crippen LogP contribution in [0.25, 0.3) is 22.2 Å². The number of hydrogen-bond donors (Lipinski definition) is 2. The van der Waals surface area contributed by atoms with Crippen LogP contribution in [0, 0.1) is 0 Å². The van der Waals surface area contributed by atoms with E-state index in [0.717, 1.165) is 4.57 Å². The van der Waals surface area contributed by atoms with Crippen LogP contribution in [0.1, 0.15) is 48.4 Å². The summed E-state index contributed by atoms with van der Waals surface area (Å²) in [4.78, 5) is 50.4. The van der Waals surface area contributed by atoms with Gasteiger partial charge in [-0.3, -0.25) is 18.7 Å². The quantitative estimate of drug-likeness (QED) is 0.371. The first-order valence-electron chi connectivity index (χ1n) is 13.1. The zero-order valence-corrected chi connectivity index (χ0v) is 22.5. The number of hydrogen-bond acceptors (Lipinski definition) is 7. The molecule has 2 N–H and O–H groups in total. The van der Waals surface area contributed by atoms with E-state index >= 15 is 0 Å². The molecule has 0 aliphatic carbocycles. The van der Waals surface area contributed by atoms with Gasteiger partial charge in [0.2, 0.25) is 5.82 Å². The lowest BCUT2D eigenvalue weighted by molar-refractivity contribution is -0.198. The van der Waals surface area contributed by atoms with Crippen LogP contribution in [-0.4, -0.2) is 75.5 Å². The molecule has 1 amide bonds. The lowest BCUT2D eigenvalue weighted by Gasteiger charge is -2.51. The number of aromatic nitrogens is 6. The number of aromatic amines is 1. The van der Waals surface area contributed by atoms with E-state index in [1.54, 1.807) is 16.4 Å². The number of ether oxygens (including phenoxy) is 1. The number of aliphatic hydroxyl groups is 1. The van der Waals surface area contributed by atoms with Gasteiger partial charge in [-0.05, 0) is 38.0 Å². The van der Waals surface area contributed by atoms with Gasteiger partial charge in [0.15, 0.2) is 11.2 Å². The average molecular weight is 576 g/mol. The second-order valence-corrected chi connectivity index (χ2v) is 11.2. The first-order chi connectivity index (χ1) is 19.2. The molecule has 2 saturated heterocycles. The maximum Gasteiger partial charge on any atom is 0.449 e. The Morgan fingerprint density at radius 3 is 2.56 bits per heavy atom. The van der Waals surface area contributed by atoms with Crippen LogP contribution in [0.2, 0.25) is 0 Å². The number of carbonyl (C=O) groups is 1. The van der Waals surface area contributed by atoms with Crippen molar-refractivity contribution in [3.8, 4) is 0 Å². The number of nitrogens with zero attached hydrogens (tertiary/aromatic N) is 6. The Hall–Kier alpha value is -3.98. The molecule has 218 valence electrons. The first kappa shape index (κ1) is 27.2. The van der Waals surface area contributed by atoms with Crippen LogP contribution < -0.4 is 11.2 Å². The van der Waals surface area contributed by atoms with E-state index in [2.05, 4.69) is 15.0 Å². The molecule has 15 heteroatoms. The summed E-state index contributed by atoms with van der Waals surface area (Å²) in [5.41, 5.74) is -2.18. The summed E-state index contributed by atoms with van der Waals surface area (Å²) in [6.45, 7) is 2.25. The number of likely N-dealkylation sites (tertiary alicyclic amines) is 1. The fraction of sp³-hybridized carbons (Fsp3) is 0.500. The van der Waals surface area contributed by atoms with Gasteiger partial charge >= 0.3 is 11.9 Å². The number of rotatable bonds is 2. The van der Waals surface area contributed by atoms with E-state index in [1.165, 1.54) is 43.2 Å². The van der Waals surface area contributed by atoms with E-state index in [1.807, 2.05) is 0 Å². The van der Waals surface area contributed by atoms with Crippen molar-refractivity contribution in [1.82, 2.24) is 33.6 Å². The SMILES string of the molecule is Cn1c(=O)c2c(ncn2[C@H]2CC3(CCN(C(=O)c4ccc5nc(C(F)(F)F)[nH]c5c4)CC3)OC[C@]2(C)O)n(C)c1=O. The number of halogens is 3. The Bertz CT molecular complexity index is 1810. The number of benzene rings is 1. The van der Waals surface area contributed by atoms with E-state index in [0.29, 0.717) is 32.4 Å². The molecule has 2 aliphatic heterocycles. The third kappa shape index (κ3) is 4.34. The summed E-state index contributed by atoms with van der Waals surface area (Å²) in [6.07, 6.45) is -1.95. The molecule has 6 rings (SSSR count). The lowest BCUT2D eigenvalue weighted by Crippen LogP contribution is -2.57. The second-order valence-electron chi connectivity index (χ2n) is 11.2. The zero-order valence-electron chi connectivity index (χ0n) is 22.5. The molecular formula is C26H28F3N7O5. The largest absolute Gasteiger partial charge is 0.449 e. The number of fused-ring (bicyclic) bond motifs is 2. The van der Waals surface area contributed by atoms with Gasteiger partial charge in [0, 0.05) is 39.2 Å². The molecular weight excluding hydrogens is 547 g/mol. The lowest BCUT2D eigenvalue weighted by atomic mass is 9.77. The van der Waals surface area contributed by atoms with Crippen molar-refractivity contribution in [2.45, 2.75) is 49.6 Å². The third-order valence-electron chi connectivity index (χ3n) is 8.42. The highest BCUT2D eigenvalue weighted by molar-refractivity contribution is 5.97. The maximum atomic E-state index is 13.3. The van der Waals surface area contributed by atoms with Gasteiger partial charge in [0.25, 0.3) is 11.5 Å². The zero-order chi connectivity index (χ0) is 29.5. The summed E-state index contributed by atoms with van der Waals surface area (Å²) in [6, 6.07) is 3.61. The summed E-state index contributed by atoms with van der Waals surface area (Å²) < 4.78 is 49.2. The second kappa shape index (κ2) is 9.01. The summed E-state index contributed by atoms with van der Waals surface area (Å²) >= 11 is 0. The van der Waals surface area contributed by atoms with E-state index in [9.17, 15) is 32.7 Å². The molecule has 2 aliphatic rings. The monoisotopic (exact) mass is 575 g/mol. The van der Waals surface area contributed by atoms with Gasteiger partial charge in [0.1, 0.15) is 5.60 Å². The number of carbonyl (C=O) groups excluding carboxylic acids is 1. The molecule has 0 saturated carbocycles. The maximum absolute atomic E-state index is 13.3. The highest BCUT2D eigenvalue weighted by Gasteiger charge is 2.50. The van der Waals surface area contributed by atoms with Crippen LogP contribution in [0.15, 0.2) is 34.1 Å². The van der Waals surface area contributed by atoms with Crippen molar-refractivity contribution in [3.63, 3.8) is 0 Å². The van der Waals surface area contributed by atoms with Crippen LogP contribution in [0.4, 0.5) is 13.2 Å². The average Bonchev–Trinajstić information content (AvgIpc) is 3.57. The van der Waals surface area contributed by atoms with Crippen LogP contribution >= 0.6 is 0 Å². The minimum atomic E-state index is -4.63. The van der Waals surface area contributed by atoms with Crippen molar-refractivity contribution >= 4 is 28.1 Å². The molecule has 3 aromatic heterocycles.